The molecule has 0 amide bonds. The Morgan fingerprint density at radius 3 is 2.06 bits per heavy atom. The van der Waals surface area contributed by atoms with E-state index in [1.807, 2.05) is 18.2 Å². The summed E-state index contributed by atoms with van der Waals surface area (Å²) >= 11 is 0. The van der Waals surface area contributed by atoms with Gasteiger partial charge in [0, 0.05) is 6.42 Å². The fourth-order valence-corrected chi connectivity index (χ4v) is 1.81. The highest BCUT2D eigenvalue weighted by molar-refractivity contribution is 5.75. The molecule has 0 aliphatic carbocycles. The van der Waals surface area contributed by atoms with Crippen LogP contribution in [0.3, 0.4) is 0 Å². The smallest absolute Gasteiger partial charge is 0.130 e. The molecular formula is C16H16O. The number of hydrogen-bond donors (Lipinski definition) is 0. The number of benzene rings is 2. The van der Waals surface area contributed by atoms with Crippen LogP contribution in [0.25, 0.3) is 11.1 Å². The van der Waals surface area contributed by atoms with Gasteiger partial charge >= 0.3 is 0 Å². The Hall–Kier alpha value is -1.89. The van der Waals surface area contributed by atoms with E-state index in [0.717, 1.165) is 6.42 Å². The summed E-state index contributed by atoms with van der Waals surface area (Å²) in [6.45, 7) is 1.64. The maximum Gasteiger partial charge on any atom is 0.130 e. The van der Waals surface area contributed by atoms with Crippen molar-refractivity contribution in [2.75, 3.05) is 0 Å². The average Bonchev–Trinajstić information content (AvgIpc) is 2.38. The second-order valence-corrected chi connectivity index (χ2v) is 4.26. The van der Waals surface area contributed by atoms with E-state index in [9.17, 15) is 4.79 Å². The molecule has 17 heavy (non-hydrogen) atoms. The van der Waals surface area contributed by atoms with Crippen LogP contribution in [0.5, 0.6) is 0 Å². The molecule has 0 saturated heterocycles. The van der Waals surface area contributed by atoms with Crippen molar-refractivity contribution in [3.8, 4) is 11.1 Å². The number of carbonyl (C=O) groups excluding carboxylic acids is 1. The van der Waals surface area contributed by atoms with Gasteiger partial charge in [-0.2, -0.15) is 0 Å². The van der Waals surface area contributed by atoms with E-state index < -0.39 is 0 Å². The molecule has 0 aromatic heterocycles. The normalized spacial score (nSPS) is 10.2. The molecule has 0 unspecified atom stereocenters. The maximum atomic E-state index is 10.9. The predicted molar refractivity (Wildman–Crippen MR) is 70.9 cm³/mol. The molecule has 0 atom stereocenters. The lowest BCUT2D eigenvalue weighted by atomic mass is 10.0. The van der Waals surface area contributed by atoms with Crippen LogP contribution in [-0.2, 0) is 11.2 Å². The van der Waals surface area contributed by atoms with Crippen molar-refractivity contribution in [1.29, 1.82) is 0 Å². The number of hydrogen-bond acceptors (Lipinski definition) is 1. The summed E-state index contributed by atoms with van der Waals surface area (Å²) in [6, 6.07) is 18.7. The summed E-state index contributed by atoms with van der Waals surface area (Å²) in [5.74, 6) is 0.247. The van der Waals surface area contributed by atoms with Crippen molar-refractivity contribution < 1.29 is 4.79 Å². The predicted octanol–water partition coefficient (Wildman–Crippen LogP) is 3.88. The maximum absolute atomic E-state index is 10.9. The zero-order chi connectivity index (χ0) is 12.1. The summed E-state index contributed by atoms with van der Waals surface area (Å²) in [5, 5.41) is 0. The highest BCUT2D eigenvalue weighted by Crippen LogP contribution is 2.19. The highest BCUT2D eigenvalue weighted by atomic mass is 16.1. The fourth-order valence-electron chi connectivity index (χ4n) is 1.81. The lowest BCUT2D eigenvalue weighted by molar-refractivity contribution is -0.116. The molecule has 0 saturated carbocycles. The van der Waals surface area contributed by atoms with Crippen molar-refractivity contribution in [3.63, 3.8) is 0 Å². The third-order valence-corrected chi connectivity index (χ3v) is 2.83. The van der Waals surface area contributed by atoms with Crippen LogP contribution in [0.1, 0.15) is 18.9 Å². The molecule has 1 nitrogen and oxygen atoms in total. The van der Waals surface area contributed by atoms with Crippen molar-refractivity contribution >= 4 is 5.78 Å². The minimum Gasteiger partial charge on any atom is -0.300 e. The number of aryl methyl sites for hydroxylation is 1. The summed E-state index contributed by atoms with van der Waals surface area (Å²) in [7, 11) is 0. The Balaban J connectivity index is 2.11. The summed E-state index contributed by atoms with van der Waals surface area (Å²) < 4.78 is 0. The first-order valence-electron chi connectivity index (χ1n) is 5.89. The third-order valence-electron chi connectivity index (χ3n) is 2.83. The van der Waals surface area contributed by atoms with Crippen LogP contribution in [0.15, 0.2) is 54.6 Å². The van der Waals surface area contributed by atoms with E-state index in [1.165, 1.54) is 16.7 Å². The second kappa shape index (κ2) is 5.44. The molecule has 0 fully saturated rings. The Morgan fingerprint density at radius 2 is 1.47 bits per heavy atom. The molecular weight excluding hydrogens is 208 g/mol. The number of rotatable bonds is 4. The fraction of sp³-hybridized carbons (Fsp3) is 0.188. The number of ketones is 1. The van der Waals surface area contributed by atoms with Gasteiger partial charge in [0.15, 0.2) is 0 Å². The number of carbonyl (C=O) groups is 1. The van der Waals surface area contributed by atoms with Gasteiger partial charge in [0.25, 0.3) is 0 Å². The molecule has 0 bridgehead atoms. The molecule has 2 aromatic rings. The third kappa shape index (κ3) is 3.28. The van der Waals surface area contributed by atoms with Gasteiger partial charge in [-0.1, -0.05) is 54.6 Å². The van der Waals surface area contributed by atoms with Crippen molar-refractivity contribution in [1.82, 2.24) is 0 Å². The molecule has 2 aromatic carbocycles. The van der Waals surface area contributed by atoms with E-state index >= 15 is 0 Å². The molecule has 1 heteroatoms. The lowest BCUT2D eigenvalue weighted by Gasteiger charge is -2.03. The quantitative estimate of drug-likeness (QED) is 0.770. The van der Waals surface area contributed by atoms with Gasteiger partial charge in [-0.3, -0.25) is 0 Å². The monoisotopic (exact) mass is 224 g/mol. The Bertz CT molecular complexity index is 483. The minimum atomic E-state index is 0.247. The van der Waals surface area contributed by atoms with Crippen molar-refractivity contribution in [3.05, 3.63) is 60.2 Å². The van der Waals surface area contributed by atoms with E-state index in [-0.39, 0.29) is 5.78 Å². The van der Waals surface area contributed by atoms with Gasteiger partial charge < -0.3 is 4.79 Å². The zero-order valence-electron chi connectivity index (χ0n) is 10.0. The van der Waals surface area contributed by atoms with Gasteiger partial charge in [0.05, 0.1) is 0 Å². The highest BCUT2D eigenvalue weighted by Gasteiger charge is 1.99. The van der Waals surface area contributed by atoms with Crippen LogP contribution in [0.2, 0.25) is 0 Å². The molecule has 86 valence electrons. The molecule has 0 aliphatic rings. The lowest BCUT2D eigenvalue weighted by Crippen LogP contribution is -1.93. The molecule has 0 N–H and O–H groups in total. The van der Waals surface area contributed by atoms with Crippen molar-refractivity contribution in [2.45, 2.75) is 19.8 Å². The van der Waals surface area contributed by atoms with Gasteiger partial charge in [0.1, 0.15) is 5.78 Å². The van der Waals surface area contributed by atoms with Gasteiger partial charge in [-0.15, -0.1) is 0 Å². The molecule has 2 rings (SSSR count). The molecule has 0 heterocycles. The number of Topliss-reactive ketones (excluding diaryl/α,β-unsaturated/α-hetero) is 1. The first kappa shape index (κ1) is 11.6. The summed E-state index contributed by atoms with van der Waals surface area (Å²) in [4.78, 5) is 10.9. The van der Waals surface area contributed by atoms with Crippen LogP contribution < -0.4 is 0 Å². The van der Waals surface area contributed by atoms with E-state index in [2.05, 4.69) is 36.4 Å². The van der Waals surface area contributed by atoms with Gasteiger partial charge in [-0.05, 0) is 30.0 Å². The van der Waals surface area contributed by atoms with Crippen molar-refractivity contribution in [2.24, 2.45) is 0 Å². The van der Waals surface area contributed by atoms with Crippen LogP contribution >= 0.6 is 0 Å². The largest absolute Gasteiger partial charge is 0.300 e. The summed E-state index contributed by atoms with van der Waals surface area (Å²) in [5.41, 5.74) is 3.67. The first-order valence-corrected chi connectivity index (χ1v) is 5.89. The van der Waals surface area contributed by atoms with Gasteiger partial charge in [-0.25, -0.2) is 0 Å². The molecule has 0 aliphatic heterocycles. The SMILES string of the molecule is CC(=O)CCc1ccc(-c2ccccc2)cc1. The molecule has 0 radical (unpaired) electrons. The zero-order valence-corrected chi connectivity index (χ0v) is 10.0. The van der Waals surface area contributed by atoms with Crippen LogP contribution in [0.4, 0.5) is 0 Å². The Labute approximate surface area is 102 Å². The summed E-state index contributed by atoms with van der Waals surface area (Å²) in [6.07, 6.45) is 1.47. The first-order chi connectivity index (χ1) is 8.25. The minimum absolute atomic E-state index is 0.247. The Kier molecular flexibility index (Phi) is 3.71. The molecule has 0 spiro atoms. The van der Waals surface area contributed by atoms with Gasteiger partial charge in [0.2, 0.25) is 0 Å². The van der Waals surface area contributed by atoms with Crippen LogP contribution in [-0.4, -0.2) is 5.78 Å². The van der Waals surface area contributed by atoms with E-state index in [4.69, 9.17) is 0 Å². The average molecular weight is 224 g/mol. The Morgan fingerprint density at radius 1 is 0.882 bits per heavy atom. The topological polar surface area (TPSA) is 17.1 Å². The van der Waals surface area contributed by atoms with E-state index in [0.29, 0.717) is 6.42 Å². The standard InChI is InChI=1S/C16H16O/c1-13(17)7-8-14-9-11-16(12-10-14)15-5-3-2-4-6-15/h2-6,9-12H,7-8H2,1H3. The van der Waals surface area contributed by atoms with Crippen LogP contribution in [0, 0.1) is 0 Å². The second-order valence-electron chi connectivity index (χ2n) is 4.26. The van der Waals surface area contributed by atoms with E-state index in [1.54, 1.807) is 6.92 Å².